The van der Waals surface area contributed by atoms with Gasteiger partial charge in [-0.15, -0.1) is 37.2 Å². The fourth-order valence-electron chi connectivity index (χ4n) is 1.87. The van der Waals surface area contributed by atoms with Crippen molar-refractivity contribution in [1.82, 2.24) is 4.57 Å². The maximum absolute atomic E-state index is 2.28. The number of rotatable bonds is 0. The Balaban J connectivity index is 0.000000653. The molecule has 1 aromatic heterocycles. The molecule has 4 heteroatoms. The van der Waals surface area contributed by atoms with Crippen LogP contribution in [0.3, 0.4) is 0 Å². The standard InChI is InChI=1S/C11H9N.3ClH/c1-3-9-5-2-7-12-8-6-10(4-1)11(9)12;;;/h1-6,8H,7H2;3*1H. The van der Waals surface area contributed by atoms with Crippen molar-refractivity contribution in [3.05, 3.63) is 42.1 Å². The van der Waals surface area contributed by atoms with Crippen LogP contribution in [0.1, 0.15) is 5.56 Å². The fourth-order valence-corrected chi connectivity index (χ4v) is 1.87. The molecular weight excluding hydrogens is 252 g/mol. The molecule has 0 atom stereocenters. The summed E-state index contributed by atoms with van der Waals surface area (Å²) in [6.07, 6.45) is 6.54. The molecule has 1 aliphatic heterocycles. The summed E-state index contributed by atoms with van der Waals surface area (Å²) < 4.78 is 2.28. The van der Waals surface area contributed by atoms with Crippen LogP contribution in [0, 0.1) is 0 Å². The normalized spacial score (nSPS) is 11.2. The first-order valence-electron chi connectivity index (χ1n) is 4.19. The highest BCUT2D eigenvalue weighted by molar-refractivity contribution is 5.89. The van der Waals surface area contributed by atoms with E-state index in [4.69, 9.17) is 0 Å². The first-order chi connectivity index (χ1) is 5.95. The van der Waals surface area contributed by atoms with Crippen molar-refractivity contribution in [2.24, 2.45) is 0 Å². The largest absolute Gasteiger partial charge is 0.343 e. The molecule has 0 spiro atoms. The Kier molecular flexibility index (Phi) is 5.22. The zero-order valence-corrected chi connectivity index (χ0v) is 10.4. The van der Waals surface area contributed by atoms with Gasteiger partial charge in [-0.05, 0) is 11.6 Å². The van der Waals surface area contributed by atoms with Crippen LogP contribution in [-0.4, -0.2) is 4.57 Å². The number of benzene rings is 1. The van der Waals surface area contributed by atoms with Crippen molar-refractivity contribution < 1.29 is 0 Å². The summed E-state index contributed by atoms with van der Waals surface area (Å²) in [4.78, 5) is 0. The average molecular weight is 265 g/mol. The summed E-state index contributed by atoms with van der Waals surface area (Å²) in [5.74, 6) is 0. The highest BCUT2D eigenvalue weighted by Gasteiger charge is 2.05. The van der Waals surface area contributed by atoms with Gasteiger partial charge < -0.3 is 4.57 Å². The monoisotopic (exact) mass is 263 g/mol. The summed E-state index contributed by atoms with van der Waals surface area (Å²) in [7, 11) is 0. The molecule has 3 rings (SSSR count). The highest BCUT2D eigenvalue weighted by atomic mass is 35.5. The molecule has 0 bridgehead atoms. The van der Waals surface area contributed by atoms with Gasteiger partial charge in [-0.1, -0.05) is 30.4 Å². The van der Waals surface area contributed by atoms with E-state index in [2.05, 4.69) is 47.2 Å². The Bertz CT molecular complexity index is 474. The molecule has 1 aliphatic rings. The molecule has 82 valence electrons. The van der Waals surface area contributed by atoms with E-state index in [1.807, 2.05) is 0 Å². The van der Waals surface area contributed by atoms with E-state index in [1.54, 1.807) is 0 Å². The molecule has 1 nitrogen and oxygen atoms in total. The summed E-state index contributed by atoms with van der Waals surface area (Å²) in [5.41, 5.74) is 2.71. The fraction of sp³-hybridized carbons (Fsp3) is 0.0909. The smallest absolute Gasteiger partial charge is 0.0556 e. The van der Waals surface area contributed by atoms with Crippen LogP contribution in [0.25, 0.3) is 17.0 Å². The van der Waals surface area contributed by atoms with Crippen LogP contribution in [0.4, 0.5) is 0 Å². The number of hydrogen-bond acceptors (Lipinski definition) is 0. The van der Waals surface area contributed by atoms with E-state index in [-0.39, 0.29) is 37.2 Å². The Morgan fingerprint density at radius 1 is 1.00 bits per heavy atom. The van der Waals surface area contributed by atoms with Crippen LogP contribution in [0.2, 0.25) is 0 Å². The van der Waals surface area contributed by atoms with Crippen molar-refractivity contribution in [3.8, 4) is 0 Å². The number of aromatic nitrogens is 1. The second kappa shape index (κ2) is 5.45. The van der Waals surface area contributed by atoms with Gasteiger partial charge in [0.05, 0.1) is 5.52 Å². The lowest BCUT2D eigenvalue weighted by Gasteiger charge is -2.09. The molecule has 0 radical (unpaired) electrons. The molecule has 0 fully saturated rings. The Morgan fingerprint density at radius 2 is 1.80 bits per heavy atom. The maximum Gasteiger partial charge on any atom is 0.0556 e. The minimum atomic E-state index is 0. The lowest BCUT2D eigenvalue weighted by molar-refractivity contribution is 0.859. The van der Waals surface area contributed by atoms with Crippen LogP contribution in [0.5, 0.6) is 0 Å². The zero-order valence-electron chi connectivity index (χ0n) is 7.92. The van der Waals surface area contributed by atoms with Gasteiger partial charge in [0.1, 0.15) is 0 Å². The molecule has 0 amide bonds. The van der Waals surface area contributed by atoms with Crippen LogP contribution < -0.4 is 0 Å². The number of allylic oxidation sites excluding steroid dienone is 1. The first kappa shape index (κ1) is 14.4. The van der Waals surface area contributed by atoms with Crippen molar-refractivity contribution in [2.75, 3.05) is 0 Å². The molecule has 0 N–H and O–H groups in total. The van der Waals surface area contributed by atoms with E-state index in [0.29, 0.717) is 0 Å². The zero-order chi connectivity index (χ0) is 7.97. The van der Waals surface area contributed by atoms with Gasteiger partial charge >= 0.3 is 0 Å². The van der Waals surface area contributed by atoms with Gasteiger partial charge in [-0.2, -0.15) is 0 Å². The third-order valence-electron chi connectivity index (χ3n) is 2.42. The molecule has 0 saturated heterocycles. The molecule has 0 aliphatic carbocycles. The van der Waals surface area contributed by atoms with Gasteiger partial charge in [0.2, 0.25) is 0 Å². The van der Waals surface area contributed by atoms with Crippen LogP contribution >= 0.6 is 37.2 Å². The summed E-state index contributed by atoms with van der Waals surface area (Å²) >= 11 is 0. The minimum absolute atomic E-state index is 0. The molecule has 2 heterocycles. The minimum Gasteiger partial charge on any atom is -0.343 e. The summed E-state index contributed by atoms with van der Waals surface area (Å²) in [5, 5.41) is 1.34. The number of halogens is 3. The van der Waals surface area contributed by atoms with Crippen molar-refractivity contribution >= 4 is 54.2 Å². The first-order valence-corrected chi connectivity index (χ1v) is 4.19. The average Bonchev–Trinajstić information content (AvgIpc) is 2.52. The third-order valence-corrected chi connectivity index (χ3v) is 2.42. The molecule has 15 heavy (non-hydrogen) atoms. The van der Waals surface area contributed by atoms with E-state index in [9.17, 15) is 0 Å². The number of para-hydroxylation sites is 1. The van der Waals surface area contributed by atoms with Crippen LogP contribution in [-0.2, 0) is 6.54 Å². The molecule has 0 unspecified atom stereocenters. The van der Waals surface area contributed by atoms with Crippen molar-refractivity contribution in [2.45, 2.75) is 6.54 Å². The van der Waals surface area contributed by atoms with Crippen LogP contribution in [0.15, 0.2) is 36.5 Å². The second-order valence-electron chi connectivity index (χ2n) is 3.16. The maximum atomic E-state index is 2.28. The van der Waals surface area contributed by atoms with E-state index < -0.39 is 0 Å². The van der Waals surface area contributed by atoms with Crippen molar-refractivity contribution in [3.63, 3.8) is 0 Å². The topological polar surface area (TPSA) is 4.93 Å². The third kappa shape index (κ3) is 2.15. The molecule has 1 aromatic carbocycles. The second-order valence-corrected chi connectivity index (χ2v) is 3.16. The summed E-state index contributed by atoms with van der Waals surface area (Å²) in [6, 6.07) is 8.60. The predicted molar refractivity (Wildman–Crippen MR) is 72.7 cm³/mol. The van der Waals surface area contributed by atoms with Crippen molar-refractivity contribution in [1.29, 1.82) is 0 Å². The summed E-state index contributed by atoms with van der Waals surface area (Å²) in [6.45, 7) is 1.01. The van der Waals surface area contributed by atoms with E-state index in [0.717, 1.165) is 6.54 Å². The predicted octanol–water partition coefficient (Wildman–Crippen LogP) is 3.93. The SMILES string of the molecule is C1=Cc2cccc3ccn(c23)C1.Cl.Cl.Cl. The van der Waals surface area contributed by atoms with E-state index >= 15 is 0 Å². The number of hydrogen-bond donors (Lipinski definition) is 0. The van der Waals surface area contributed by atoms with Gasteiger partial charge in [0.15, 0.2) is 0 Å². The Morgan fingerprint density at radius 3 is 2.60 bits per heavy atom. The lowest BCUT2D eigenvalue weighted by atomic mass is 10.1. The van der Waals surface area contributed by atoms with E-state index in [1.165, 1.54) is 16.5 Å². The van der Waals surface area contributed by atoms with Gasteiger partial charge in [-0.25, -0.2) is 0 Å². The molecular formula is C11H12Cl3N. The van der Waals surface area contributed by atoms with Gasteiger partial charge in [0.25, 0.3) is 0 Å². The number of nitrogens with zero attached hydrogens (tertiary/aromatic N) is 1. The lowest BCUT2D eigenvalue weighted by Crippen LogP contribution is -1.97. The Labute approximate surface area is 107 Å². The van der Waals surface area contributed by atoms with Gasteiger partial charge in [-0.3, -0.25) is 0 Å². The molecule has 0 saturated carbocycles. The quantitative estimate of drug-likeness (QED) is 0.679. The highest BCUT2D eigenvalue weighted by Crippen LogP contribution is 2.24. The van der Waals surface area contributed by atoms with Gasteiger partial charge in [0, 0.05) is 18.1 Å². The Hall–Kier alpha value is -0.630. The molecule has 2 aromatic rings.